The molecule has 0 aliphatic rings. The van der Waals surface area contributed by atoms with Crippen LogP contribution in [0.2, 0.25) is 0 Å². The number of furan rings is 1. The summed E-state index contributed by atoms with van der Waals surface area (Å²) in [6, 6.07) is 14.1. The number of hydrogen-bond donors (Lipinski definition) is 0. The Bertz CT molecular complexity index is 1250. The van der Waals surface area contributed by atoms with Gasteiger partial charge in [-0.1, -0.05) is 44.1 Å². The summed E-state index contributed by atoms with van der Waals surface area (Å²) in [5.41, 5.74) is 5.91. The maximum Gasteiger partial charge on any atom is 0.216 e. The Morgan fingerprint density at radius 2 is 1.88 bits per heavy atom. The van der Waals surface area contributed by atoms with Crippen LogP contribution in [-0.2, 0) is 7.05 Å². The van der Waals surface area contributed by atoms with Gasteiger partial charge in [-0.2, -0.15) is 0 Å². The van der Waals surface area contributed by atoms with E-state index in [4.69, 9.17) is 9.90 Å². The van der Waals surface area contributed by atoms with Gasteiger partial charge in [0.15, 0.2) is 6.20 Å². The molecule has 0 spiro atoms. The predicted molar refractivity (Wildman–Crippen MR) is 104 cm³/mol. The van der Waals surface area contributed by atoms with E-state index in [-0.39, 0.29) is 0 Å². The van der Waals surface area contributed by atoms with Crippen LogP contribution < -0.4 is 4.57 Å². The van der Waals surface area contributed by atoms with E-state index in [0.29, 0.717) is 5.56 Å². The number of rotatable bonds is 2. The van der Waals surface area contributed by atoms with Crippen molar-refractivity contribution in [3.8, 4) is 11.3 Å². The van der Waals surface area contributed by atoms with Crippen molar-refractivity contribution in [3.05, 3.63) is 65.4 Å². The minimum absolute atomic E-state index is 0.498. The van der Waals surface area contributed by atoms with Crippen LogP contribution in [0.25, 0.3) is 33.2 Å². The monoisotopic (exact) mass is 334 g/mol. The first-order chi connectivity index (χ1) is 13.5. The maximum absolute atomic E-state index is 8.48. The molecule has 2 aromatic heterocycles. The highest BCUT2D eigenvalue weighted by Crippen LogP contribution is 2.37. The number of fused-ring (bicyclic) bond motifs is 3. The lowest BCUT2D eigenvalue weighted by Crippen LogP contribution is -2.32. The van der Waals surface area contributed by atoms with Gasteiger partial charge < -0.3 is 4.42 Å². The topological polar surface area (TPSA) is 17.0 Å². The van der Waals surface area contributed by atoms with Gasteiger partial charge in [0.1, 0.15) is 18.2 Å². The molecule has 1 atom stereocenters. The van der Waals surface area contributed by atoms with E-state index in [0.717, 1.165) is 44.3 Å². The van der Waals surface area contributed by atoms with Gasteiger partial charge in [-0.25, -0.2) is 4.57 Å². The fraction of sp³-hybridized carbons (Fsp3) is 0.261. The quantitative estimate of drug-likeness (QED) is 0.422. The molecule has 25 heavy (non-hydrogen) atoms. The second-order valence-corrected chi connectivity index (χ2v) is 6.72. The fourth-order valence-corrected chi connectivity index (χ4v) is 3.60. The number of hydrogen-bond acceptors (Lipinski definition) is 1. The molecule has 0 aliphatic carbocycles. The summed E-state index contributed by atoms with van der Waals surface area (Å²) >= 11 is 0. The average molecular weight is 334 g/mol. The summed E-state index contributed by atoms with van der Waals surface area (Å²) in [6.07, 6.45) is 1.77. The number of nitrogens with zero attached hydrogens (tertiary/aromatic N) is 1. The summed E-state index contributed by atoms with van der Waals surface area (Å²) in [4.78, 5) is 0. The van der Waals surface area contributed by atoms with Crippen molar-refractivity contribution in [2.24, 2.45) is 7.05 Å². The Hall–Kier alpha value is -2.61. The smallest absolute Gasteiger partial charge is 0.216 e. The van der Waals surface area contributed by atoms with Crippen LogP contribution in [0.3, 0.4) is 0 Å². The zero-order valence-electron chi connectivity index (χ0n) is 19.0. The van der Waals surface area contributed by atoms with Crippen LogP contribution in [0, 0.1) is 13.8 Å². The van der Waals surface area contributed by atoms with Gasteiger partial charge in [0, 0.05) is 27.9 Å². The summed E-state index contributed by atoms with van der Waals surface area (Å²) in [5, 5.41) is 2.12. The van der Waals surface area contributed by atoms with Crippen LogP contribution in [0.5, 0.6) is 0 Å². The highest BCUT2D eigenvalue weighted by molar-refractivity contribution is 6.09. The van der Waals surface area contributed by atoms with Crippen molar-refractivity contribution in [2.45, 2.75) is 33.5 Å². The number of para-hydroxylation sites is 1. The van der Waals surface area contributed by atoms with Crippen molar-refractivity contribution in [3.63, 3.8) is 0 Å². The summed E-state index contributed by atoms with van der Waals surface area (Å²) in [7, 11) is 1.88. The van der Waals surface area contributed by atoms with Crippen LogP contribution >= 0.6 is 0 Å². The molecular formula is C23H24NO+. The van der Waals surface area contributed by atoms with Gasteiger partial charge in [-0.05, 0) is 36.9 Å². The molecule has 0 aliphatic heterocycles. The van der Waals surface area contributed by atoms with Crippen LogP contribution in [0.4, 0.5) is 0 Å². The first-order valence-electron chi connectivity index (χ1n) is 10.4. The lowest BCUT2D eigenvalue weighted by molar-refractivity contribution is -0.660. The zero-order valence-corrected chi connectivity index (χ0v) is 15.0. The minimum atomic E-state index is -2.42. The predicted octanol–water partition coefficient (Wildman–Crippen LogP) is 5.82. The van der Waals surface area contributed by atoms with Crippen LogP contribution in [0.15, 0.2) is 53.1 Å². The Morgan fingerprint density at radius 1 is 1.08 bits per heavy atom. The molecule has 2 heterocycles. The highest BCUT2D eigenvalue weighted by Gasteiger charge is 2.22. The molecule has 2 nitrogen and oxygen atoms in total. The Labute approximate surface area is 154 Å². The van der Waals surface area contributed by atoms with E-state index in [1.54, 1.807) is 6.20 Å². The Morgan fingerprint density at radius 3 is 2.68 bits per heavy atom. The van der Waals surface area contributed by atoms with Gasteiger partial charge in [-0.15, -0.1) is 0 Å². The van der Waals surface area contributed by atoms with E-state index in [1.807, 2.05) is 49.7 Å². The molecule has 0 radical (unpaired) electrons. The van der Waals surface area contributed by atoms with Gasteiger partial charge in [0.25, 0.3) is 0 Å². The minimum Gasteiger partial charge on any atom is -0.455 e. The molecule has 0 amide bonds. The standard InChI is InChI=1S/C23H24NO/c1-14(2)19-13-24(5)20(12-16(19)4)22-15(3)10-11-18-17-8-6-7-9-21(17)25-23(18)22/h6-14H,1-5H3/q+1/i1D3,14D. The van der Waals surface area contributed by atoms with E-state index in [2.05, 4.69) is 18.2 Å². The first kappa shape index (κ1) is 11.9. The second kappa shape index (κ2) is 5.73. The van der Waals surface area contributed by atoms with Gasteiger partial charge in [0.05, 0.1) is 5.56 Å². The average Bonchev–Trinajstić information content (AvgIpc) is 3.01. The van der Waals surface area contributed by atoms with Crippen LogP contribution in [0.1, 0.15) is 41.8 Å². The Kier molecular flexibility index (Phi) is 2.72. The lowest BCUT2D eigenvalue weighted by atomic mass is 9.95. The number of pyridine rings is 1. The SMILES string of the molecule is [2H]C([2H])([2H])C([2H])(C)c1c[n+](C)c(-c2c(C)ccc3c2oc2ccccc23)cc1C. The van der Waals surface area contributed by atoms with Crippen molar-refractivity contribution >= 4 is 21.9 Å². The molecule has 0 saturated carbocycles. The molecule has 4 rings (SSSR count). The molecule has 0 bridgehead atoms. The van der Waals surface area contributed by atoms with Crippen LogP contribution in [-0.4, -0.2) is 0 Å². The summed E-state index contributed by atoms with van der Waals surface area (Å²) < 4.78 is 40.0. The lowest BCUT2D eigenvalue weighted by Gasteiger charge is -2.11. The number of benzene rings is 2. The molecule has 0 fully saturated rings. The third-order valence-electron chi connectivity index (χ3n) is 4.90. The normalized spacial score (nSPS) is 17.0. The van der Waals surface area contributed by atoms with Gasteiger partial charge in [0.2, 0.25) is 5.69 Å². The van der Waals surface area contributed by atoms with Crippen molar-refractivity contribution in [1.82, 2.24) is 0 Å². The molecule has 126 valence electrons. The molecule has 4 aromatic rings. The zero-order chi connectivity index (χ0) is 21.1. The summed E-state index contributed by atoms with van der Waals surface area (Å²) in [5.74, 6) is -1.69. The summed E-state index contributed by atoms with van der Waals surface area (Å²) in [6.45, 7) is 2.95. The number of aryl methyl sites for hydroxylation is 3. The molecule has 2 heteroatoms. The molecule has 2 aromatic carbocycles. The van der Waals surface area contributed by atoms with Crippen molar-refractivity contribution < 1.29 is 14.5 Å². The molecule has 0 N–H and O–H groups in total. The van der Waals surface area contributed by atoms with Gasteiger partial charge >= 0.3 is 0 Å². The maximum atomic E-state index is 8.48. The third-order valence-corrected chi connectivity index (χ3v) is 4.90. The molecular weight excluding hydrogens is 306 g/mol. The largest absolute Gasteiger partial charge is 0.455 e. The first-order valence-corrected chi connectivity index (χ1v) is 8.44. The number of aromatic nitrogens is 1. The Balaban J connectivity index is 2.00. The molecule has 0 saturated heterocycles. The fourth-order valence-electron chi connectivity index (χ4n) is 3.60. The van der Waals surface area contributed by atoms with E-state index < -0.39 is 12.7 Å². The van der Waals surface area contributed by atoms with E-state index in [1.165, 1.54) is 6.92 Å². The third kappa shape index (κ3) is 2.44. The van der Waals surface area contributed by atoms with Crippen molar-refractivity contribution in [1.29, 1.82) is 0 Å². The molecule has 1 unspecified atom stereocenters. The van der Waals surface area contributed by atoms with E-state index in [9.17, 15) is 0 Å². The van der Waals surface area contributed by atoms with Crippen molar-refractivity contribution in [2.75, 3.05) is 0 Å². The van der Waals surface area contributed by atoms with E-state index >= 15 is 0 Å². The highest BCUT2D eigenvalue weighted by atomic mass is 16.3. The van der Waals surface area contributed by atoms with Gasteiger partial charge in [-0.3, -0.25) is 0 Å². The second-order valence-electron chi connectivity index (χ2n) is 6.72.